The van der Waals surface area contributed by atoms with Gasteiger partial charge in [-0.2, -0.15) is 4.68 Å². The van der Waals surface area contributed by atoms with Crippen LogP contribution in [0, 0.1) is 5.82 Å². The number of thioether (sulfide) groups is 1. The molecule has 0 amide bonds. The number of tetrazole rings is 1. The van der Waals surface area contributed by atoms with Gasteiger partial charge in [0.2, 0.25) is 5.16 Å². The highest BCUT2D eigenvalue weighted by molar-refractivity contribution is 7.99. The van der Waals surface area contributed by atoms with Crippen molar-refractivity contribution in [3.63, 3.8) is 0 Å². The second-order valence-corrected chi connectivity index (χ2v) is 6.14. The molecule has 0 aliphatic heterocycles. The van der Waals surface area contributed by atoms with Crippen LogP contribution >= 0.6 is 11.8 Å². The minimum atomic E-state index is -0.270. The number of aromatic nitrogens is 4. The quantitative estimate of drug-likeness (QED) is 0.453. The molecule has 0 N–H and O–H groups in total. The van der Waals surface area contributed by atoms with Crippen LogP contribution in [0.4, 0.5) is 4.39 Å². The highest BCUT2D eigenvalue weighted by atomic mass is 32.2. The van der Waals surface area contributed by atoms with Gasteiger partial charge in [-0.25, -0.2) is 4.39 Å². The molecule has 0 spiro atoms. The monoisotopic (exact) mass is 360 g/mol. The second kappa shape index (κ2) is 8.48. The fraction of sp³-hybridized carbons (Fsp3) is 0.235. The van der Waals surface area contributed by atoms with Gasteiger partial charge in [-0.1, -0.05) is 11.8 Å². The molecular weight excluding hydrogens is 343 g/mol. The normalized spacial score (nSPS) is 10.6. The van der Waals surface area contributed by atoms with Gasteiger partial charge >= 0.3 is 0 Å². The standard InChI is InChI=1S/C17H17FN4O2S/c1-23-15-9-5-14(6-10-15)22-17(19-20-21-22)25-12-2-11-24-16-7-3-13(18)4-8-16/h3-10H,2,11-12H2,1H3. The van der Waals surface area contributed by atoms with Crippen molar-refractivity contribution in [2.45, 2.75) is 11.6 Å². The van der Waals surface area contributed by atoms with E-state index in [0.717, 1.165) is 23.6 Å². The molecule has 3 aromatic rings. The fourth-order valence-corrected chi connectivity index (χ4v) is 2.90. The minimum absolute atomic E-state index is 0.270. The van der Waals surface area contributed by atoms with Crippen molar-refractivity contribution in [3.05, 3.63) is 54.3 Å². The van der Waals surface area contributed by atoms with Gasteiger partial charge in [0, 0.05) is 5.75 Å². The number of nitrogens with zero attached hydrogens (tertiary/aromatic N) is 4. The molecule has 1 aromatic heterocycles. The van der Waals surface area contributed by atoms with Crippen LogP contribution in [0.5, 0.6) is 11.5 Å². The molecule has 0 saturated carbocycles. The van der Waals surface area contributed by atoms with Gasteiger partial charge in [0.05, 0.1) is 19.4 Å². The highest BCUT2D eigenvalue weighted by Crippen LogP contribution is 2.21. The topological polar surface area (TPSA) is 62.1 Å². The largest absolute Gasteiger partial charge is 0.497 e. The zero-order valence-electron chi connectivity index (χ0n) is 13.6. The van der Waals surface area contributed by atoms with Crippen molar-refractivity contribution in [2.24, 2.45) is 0 Å². The third-order valence-electron chi connectivity index (χ3n) is 3.36. The van der Waals surface area contributed by atoms with E-state index in [0.29, 0.717) is 17.5 Å². The lowest BCUT2D eigenvalue weighted by Gasteiger charge is -2.07. The molecule has 0 atom stereocenters. The predicted octanol–water partition coefficient (Wildman–Crippen LogP) is 3.37. The molecule has 3 rings (SSSR count). The summed E-state index contributed by atoms with van der Waals surface area (Å²) in [6, 6.07) is 13.5. The van der Waals surface area contributed by atoms with Crippen LogP contribution < -0.4 is 9.47 Å². The Morgan fingerprint density at radius 2 is 1.76 bits per heavy atom. The Bertz CT molecular complexity index is 793. The van der Waals surface area contributed by atoms with E-state index in [1.807, 2.05) is 24.3 Å². The molecular formula is C17H17FN4O2S. The Morgan fingerprint density at radius 3 is 2.48 bits per heavy atom. The second-order valence-electron chi connectivity index (χ2n) is 5.08. The summed E-state index contributed by atoms with van der Waals surface area (Å²) in [5, 5.41) is 12.5. The van der Waals surface area contributed by atoms with Crippen LogP contribution in [0.2, 0.25) is 0 Å². The van der Waals surface area contributed by atoms with E-state index < -0.39 is 0 Å². The van der Waals surface area contributed by atoms with E-state index in [1.54, 1.807) is 35.7 Å². The van der Waals surface area contributed by atoms with Crippen LogP contribution in [-0.4, -0.2) is 39.7 Å². The summed E-state index contributed by atoms with van der Waals surface area (Å²) in [7, 11) is 1.63. The van der Waals surface area contributed by atoms with Gasteiger partial charge < -0.3 is 9.47 Å². The van der Waals surface area contributed by atoms with Crippen LogP contribution in [0.1, 0.15) is 6.42 Å². The summed E-state index contributed by atoms with van der Waals surface area (Å²) in [4.78, 5) is 0. The molecule has 0 unspecified atom stereocenters. The van der Waals surface area contributed by atoms with Crippen molar-refractivity contribution in [1.29, 1.82) is 0 Å². The first-order valence-electron chi connectivity index (χ1n) is 7.70. The number of methoxy groups -OCH3 is 1. The lowest BCUT2D eigenvalue weighted by Crippen LogP contribution is -2.01. The number of halogens is 1. The molecule has 130 valence electrons. The van der Waals surface area contributed by atoms with Crippen molar-refractivity contribution in [3.8, 4) is 17.2 Å². The van der Waals surface area contributed by atoms with E-state index in [4.69, 9.17) is 9.47 Å². The maximum atomic E-state index is 12.8. The zero-order valence-corrected chi connectivity index (χ0v) is 14.4. The Kier molecular flexibility index (Phi) is 5.84. The van der Waals surface area contributed by atoms with Crippen LogP contribution in [-0.2, 0) is 0 Å². The molecule has 1 heterocycles. The summed E-state index contributed by atoms with van der Waals surface area (Å²) in [6.45, 7) is 0.544. The number of ether oxygens (including phenoxy) is 2. The van der Waals surface area contributed by atoms with Gasteiger partial charge in [-0.05, 0) is 65.4 Å². The number of benzene rings is 2. The van der Waals surface area contributed by atoms with E-state index in [-0.39, 0.29) is 5.82 Å². The lowest BCUT2D eigenvalue weighted by molar-refractivity contribution is 0.318. The summed E-state index contributed by atoms with van der Waals surface area (Å²) >= 11 is 1.55. The average Bonchev–Trinajstić information content (AvgIpc) is 3.11. The van der Waals surface area contributed by atoms with Gasteiger partial charge in [0.25, 0.3) is 0 Å². The maximum absolute atomic E-state index is 12.8. The zero-order chi connectivity index (χ0) is 17.5. The molecule has 2 aromatic carbocycles. The van der Waals surface area contributed by atoms with Crippen LogP contribution in [0.25, 0.3) is 5.69 Å². The fourth-order valence-electron chi connectivity index (χ4n) is 2.10. The number of hydrogen-bond acceptors (Lipinski definition) is 6. The van der Waals surface area contributed by atoms with Crippen molar-refractivity contribution < 1.29 is 13.9 Å². The first kappa shape index (κ1) is 17.2. The van der Waals surface area contributed by atoms with Crippen molar-refractivity contribution >= 4 is 11.8 Å². The Labute approximate surface area is 149 Å². The first-order chi connectivity index (χ1) is 12.3. The summed E-state index contributed by atoms with van der Waals surface area (Å²) < 4.78 is 25.2. The van der Waals surface area contributed by atoms with Gasteiger partial charge in [0.15, 0.2) is 0 Å². The third-order valence-corrected chi connectivity index (χ3v) is 4.37. The lowest BCUT2D eigenvalue weighted by atomic mass is 10.3. The smallest absolute Gasteiger partial charge is 0.214 e. The molecule has 25 heavy (non-hydrogen) atoms. The summed E-state index contributed by atoms with van der Waals surface area (Å²) in [6.07, 6.45) is 0.817. The van der Waals surface area contributed by atoms with Gasteiger partial charge in [0.1, 0.15) is 17.3 Å². The van der Waals surface area contributed by atoms with Crippen molar-refractivity contribution in [2.75, 3.05) is 19.5 Å². The van der Waals surface area contributed by atoms with E-state index >= 15 is 0 Å². The van der Waals surface area contributed by atoms with Crippen LogP contribution in [0.3, 0.4) is 0 Å². The van der Waals surface area contributed by atoms with E-state index in [2.05, 4.69) is 15.5 Å². The predicted molar refractivity (Wildman–Crippen MR) is 92.9 cm³/mol. The number of hydrogen-bond donors (Lipinski definition) is 0. The maximum Gasteiger partial charge on any atom is 0.214 e. The minimum Gasteiger partial charge on any atom is -0.497 e. The molecule has 6 nitrogen and oxygen atoms in total. The molecule has 8 heteroatoms. The molecule has 0 fully saturated rings. The van der Waals surface area contributed by atoms with Gasteiger partial charge in [-0.15, -0.1) is 5.10 Å². The summed E-state index contributed by atoms with van der Waals surface area (Å²) in [5.41, 5.74) is 0.871. The van der Waals surface area contributed by atoms with E-state index in [1.165, 1.54) is 12.1 Å². The molecule has 0 saturated heterocycles. The number of rotatable bonds is 8. The Balaban J connectivity index is 1.49. The Morgan fingerprint density at radius 1 is 1.04 bits per heavy atom. The first-order valence-corrected chi connectivity index (χ1v) is 8.69. The average molecular weight is 360 g/mol. The van der Waals surface area contributed by atoms with Crippen LogP contribution in [0.15, 0.2) is 53.7 Å². The third kappa shape index (κ3) is 4.69. The van der Waals surface area contributed by atoms with Gasteiger partial charge in [-0.3, -0.25) is 0 Å². The van der Waals surface area contributed by atoms with Crippen molar-refractivity contribution in [1.82, 2.24) is 20.2 Å². The van der Waals surface area contributed by atoms with E-state index in [9.17, 15) is 4.39 Å². The summed E-state index contributed by atoms with van der Waals surface area (Å²) in [5.74, 6) is 1.98. The highest BCUT2D eigenvalue weighted by Gasteiger charge is 2.09. The molecule has 0 aliphatic carbocycles. The Hall–Kier alpha value is -2.61. The molecule has 0 aliphatic rings. The SMILES string of the molecule is COc1ccc(-n2nnnc2SCCCOc2ccc(F)cc2)cc1. The molecule has 0 bridgehead atoms. The molecule has 0 radical (unpaired) electrons.